The standard InChI is InChI=1S/C15H27N3O2S/c1-3-5-14(19)18-11-21-10-13(18)15(20)17-7-4-6-12(9-17)8-16-2/h12-13,16H,3-11H2,1-2H3. The molecule has 2 aliphatic rings. The van der Waals surface area contributed by atoms with Crippen molar-refractivity contribution >= 4 is 23.6 Å². The molecule has 2 saturated heterocycles. The van der Waals surface area contributed by atoms with E-state index in [1.54, 1.807) is 16.7 Å². The average Bonchev–Trinajstić information content (AvgIpc) is 2.97. The summed E-state index contributed by atoms with van der Waals surface area (Å²) in [5, 5.41) is 3.20. The van der Waals surface area contributed by atoms with Gasteiger partial charge >= 0.3 is 0 Å². The smallest absolute Gasteiger partial charge is 0.246 e. The Morgan fingerprint density at radius 3 is 2.90 bits per heavy atom. The van der Waals surface area contributed by atoms with Crippen molar-refractivity contribution in [2.45, 2.75) is 38.6 Å². The van der Waals surface area contributed by atoms with Crippen LogP contribution in [0.2, 0.25) is 0 Å². The van der Waals surface area contributed by atoms with Crippen LogP contribution in [0.1, 0.15) is 32.6 Å². The minimum absolute atomic E-state index is 0.129. The molecule has 2 atom stereocenters. The lowest BCUT2D eigenvalue weighted by atomic mass is 9.97. The number of piperidine rings is 1. The number of carbonyl (C=O) groups excluding carboxylic acids is 2. The Balaban J connectivity index is 1.96. The van der Waals surface area contributed by atoms with Crippen LogP contribution in [0.25, 0.3) is 0 Å². The lowest BCUT2D eigenvalue weighted by molar-refractivity contribution is -0.144. The van der Waals surface area contributed by atoms with Gasteiger partial charge in [0.1, 0.15) is 6.04 Å². The molecule has 2 aliphatic heterocycles. The summed E-state index contributed by atoms with van der Waals surface area (Å²) in [7, 11) is 1.96. The van der Waals surface area contributed by atoms with Crippen LogP contribution < -0.4 is 5.32 Å². The Bertz CT molecular complexity index is 376. The number of amides is 2. The van der Waals surface area contributed by atoms with E-state index < -0.39 is 0 Å². The van der Waals surface area contributed by atoms with Gasteiger partial charge in [-0.3, -0.25) is 9.59 Å². The van der Waals surface area contributed by atoms with Crippen molar-refractivity contribution in [1.82, 2.24) is 15.1 Å². The second-order valence-corrected chi connectivity index (χ2v) is 6.98. The van der Waals surface area contributed by atoms with Crippen LogP contribution in [-0.2, 0) is 9.59 Å². The van der Waals surface area contributed by atoms with E-state index in [1.807, 2.05) is 18.9 Å². The van der Waals surface area contributed by atoms with E-state index in [0.29, 0.717) is 18.2 Å². The Morgan fingerprint density at radius 1 is 1.38 bits per heavy atom. The van der Waals surface area contributed by atoms with E-state index >= 15 is 0 Å². The molecule has 0 aromatic carbocycles. The van der Waals surface area contributed by atoms with Gasteiger partial charge in [-0.25, -0.2) is 0 Å². The molecule has 0 aliphatic carbocycles. The number of thioether (sulfide) groups is 1. The third-order valence-electron chi connectivity index (χ3n) is 4.28. The fourth-order valence-corrected chi connectivity index (χ4v) is 4.35. The Labute approximate surface area is 131 Å². The fourth-order valence-electron chi connectivity index (χ4n) is 3.18. The first-order valence-electron chi connectivity index (χ1n) is 7.98. The molecule has 0 spiro atoms. The van der Waals surface area contributed by atoms with Crippen LogP contribution in [0.4, 0.5) is 0 Å². The van der Waals surface area contributed by atoms with E-state index in [0.717, 1.165) is 38.2 Å². The lowest BCUT2D eigenvalue weighted by Crippen LogP contribution is -2.52. The van der Waals surface area contributed by atoms with Crippen LogP contribution in [0.15, 0.2) is 0 Å². The molecule has 1 N–H and O–H groups in total. The van der Waals surface area contributed by atoms with E-state index in [-0.39, 0.29) is 17.9 Å². The fraction of sp³-hybridized carbons (Fsp3) is 0.867. The van der Waals surface area contributed by atoms with Crippen molar-refractivity contribution < 1.29 is 9.59 Å². The van der Waals surface area contributed by atoms with Gasteiger partial charge in [-0.05, 0) is 38.8 Å². The zero-order valence-electron chi connectivity index (χ0n) is 13.1. The van der Waals surface area contributed by atoms with Crippen molar-refractivity contribution in [2.24, 2.45) is 5.92 Å². The third-order valence-corrected chi connectivity index (χ3v) is 5.29. The molecule has 0 saturated carbocycles. The minimum atomic E-state index is -0.234. The SMILES string of the molecule is CCCC(=O)N1CSCC1C(=O)N1CCCC(CNC)C1. The van der Waals surface area contributed by atoms with E-state index in [4.69, 9.17) is 0 Å². The molecule has 2 unspecified atom stereocenters. The number of nitrogens with one attached hydrogen (secondary N) is 1. The number of hydrogen-bond acceptors (Lipinski definition) is 4. The van der Waals surface area contributed by atoms with E-state index in [2.05, 4.69) is 5.32 Å². The van der Waals surface area contributed by atoms with Crippen LogP contribution >= 0.6 is 11.8 Å². The maximum Gasteiger partial charge on any atom is 0.246 e. The zero-order chi connectivity index (χ0) is 15.2. The van der Waals surface area contributed by atoms with Crippen molar-refractivity contribution in [3.63, 3.8) is 0 Å². The first-order valence-corrected chi connectivity index (χ1v) is 9.13. The molecule has 2 fully saturated rings. The van der Waals surface area contributed by atoms with Crippen molar-refractivity contribution in [3.05, 3.63) is 0 Å². The van der Waals surface area contributed by atoms with Crippen LogP contribution in [0.5, 0.6) is 0 Å². The van der Waals surface area contributed by atoms with Crippen LogP contribution in [0, 0.1) is 5.92 Å². The van der Waals surface area contributed by atoms with Gasteiger partial charge in [0, 0.05) is 25.3 Å². The van der Waals surface area contributed by atoms with E-state index in [9.17, 15) is 9.59 Å². The molecule has 2 rings (SSSR count). The van der Waals surface area contributed by atoms with Crippen molar-refractivity contribution in [2.75, 3.05) is 38.3 Å². The second kappa shape index (κ2) is 8.03. The number of carbonyl (C=O) groups is 2. The topological polar surface area (TPSA) is 52.7 Å². The van der Waals surface area contributed by atoms with Gasteiger partial charge in [-0.2, -0.15) is 0 Å². The summed E-state index contributed by atoms with van der Waals surface area (Å²) < 4.78 is 0. The normalized spacial score (nSPS) is 26.2. The molecule has 120 valence electrons. The summed E-state index contributed by atoms with van der Waals surface area (Å²) in [6.45, 7) is 4.64. The summed E-state index contributed by atoms with van der Waals surface area (Å²) in [5.41, 5.74) is 0. The highest BCUT2D eigenvalue weighted by molar-refractivity contribution is 7.99. The average molecular weight is 313 g/mol. The van der Waals surface area contributed by atoms with Crippen molar-refractivity contribution in [1.29, 1.82) is 0 Å². The quantitative estimate of drug-likeness (QED) is 0.827. The van der Waals surface area contributed by atoms with E-state index in [1.165, 1.54) is 6.42 Å². The summed E-state index contributed by atoms with van der Waals surface area (Å²) in [4.78, 5) is 28.7. The molecule has 2 heterocycles. The first kappa shape index (κ1) is 16.6. The molecular weight excluding hydrogens is 286 g/mol. The monoisotopic (exact) mass is 313 g/mol. The highest BCUT2D eigenvalue weighted by Crippen LogP contribution is 2.25. The number of likely N-dealkylation sites (tertiary alicyclic amines) is 1. The molecule has 0 aromatic rings. The van der Waals surface area contributed by atoms with Crippen LogP contribution in [0.3, 0.4) is 0 Å². The van der Waals surface area contributed by atoms with Gasteiger partial charge in [0.05, 0.1) is 5.88 Å². The molecule has 2 amide bonds. The Morgan fingerprint density at radius 2 is 2.19 bits per heavy atom. The molecule has 5 nitrogen and oxygen atoms in total. The van der Waals surface area contributed by atoms with Crippen LogP contribution in [-0.4, -0.2) is 66.0 Å². The summed E-state index contributed by atoms with van der Waals surface area (Å²) in [6.07, 6.45) is 3.64. The molecule has 0 aromatic heterocycles. The number of nitrogens with zero attached hydrogens (tertiary/aromatic N) is 2. The molecule has 6 heteroatoms. The highest BCUT2D eigenvalue weighted by Gasteiger charge is 2.37. The van der Waals surface area contributed by atoms with Gasteiger partial charge in [0.2, 0.25) is 11.8 Å². The highest BCUT2D eigenvalue weighted by atomic mass is 32.2. The molecule has 0 radical (unpaired) electrons. The maximum atomic E-state index is 12.8. The van der Waals surface area contributed by atoms with Crippen molar-refractivity contribution in [3.8, 4) is 0 Å². The molecule has 0 bridgehead atoms. The summed E-state index contributed by atoms with van der Waals surface area (Å²) in [5.74, 6) is 2.25. The Kier molecular flexibility index (Phi) is 6.36. The lowest BCUT2D eigenvalue weighted by Gasteiger charge is -2.36. The predicted molar refractivity (Wildman–Crippen MR) is 86.1 cm³/mol. The molecular formula is C15H27N3O2S. The third kappa shape index (κ3) is 4.13. The van der Waals surface area contributed by atoms with Gasteiger partial charge in [-0.1, -0.05) is 6.92 Å². The zero-order valence-corrected chi connectivity index (χ0v) is 14.0. The number of rotatable bonds is 5. The number of hydrogen-bond donors (Lipinski definition) is 1. The largest absolute Gasteiger partial charge is 0.341 e. The van der Waals surface area contributed by atoms with Gasteiger partial charge < -0.3 is 15.1 Å². The summed E-state index contributed by atoms with van der Waals surface area (Å²) >= 11 is 1.69. The first-order chi connectivity index (χ1) is 10.2. The van der Waals surface area contributed by atoms with Gasteiger partial charge in [-0.15, -0.1) is 11.8 Å². The van der Waals surface area contributed by atoms with Gasteiger partial charge in [0.25, 0.3) is 0 Å². The summed E-state index contributed by atoms with van der Waals surface area (Å²) in [6, 6.07) is -0.234. The maximum absolute atomic E-state index is 12.8. The predicted octanol–water partition coefficient (Wildman–Crippen LogP) is 1.15. The van der Waals surface area contributed by atoms with Gasteiger partial charge in [0.15, 0.2) is 0 Å². The minimum Gasteiger partial charge on any atom is -0.341 e. The second-order valence-electron chi connectivity index (χ2n) is 5.98. The molecule has 21 heavy (non-hydrogen) atoms. The Hall–Kier alpha value is -0.750.